The summed E-state index contributed by atoms with van der Waals surface area (Å²) >= 11 is 1.94. The van der Waals surface area contributed by atoms with E-state index in [9.17, 15) is 0 Å². The predicted octanol–water partition coefficient (Wildman–Crippen LogP) is 3.21. The molecule has 0 N–H and O–H groups in total. The number of hydrogen-bond donors (Lipinski definition) is 0. The smallest absolute Gasteiger partial charge is 0.0900 e. The molecule has 0 amide bonds. The Morgan fingerprint density at radius 1 is 1.17 bits per heavy atom. The fourth-order valence-corrected chi connectivity index (χ4v) is 3.85. The molecule has 0 saturated heterocycles. The predicted molar refractivity (Wildman–Crippen MR) is 50.8 cm³/mol. The van der Waals surface area contributed by atoms with Gasteiger partial charge in [-0.3, -0.25) is 0 Å². The maximum absolute atomic E-state index is 4.65. The van der Waals surface area contributed by atoms with Gasteiger partial charge in [0.1, 0.15) is 0 Å². The zero-order valence-corrected chi connectivity index (χ0v) is 8.16. The first-order valence-corrected chi connectivity index (χ1v) is 5.63. The van der Waals surface area contributed by atoms with Gasteiger partial charge in [0.2, 0.25) is 0 Å². The summed E-state index contributed by atoms with van der Waals surface area (Å²) < 4.78 is 0. The molecule has 0 spiro atoms. The van der Waals surface area contributed by atoms with Gasteiger partial charge in [0.05, 0.1) is 10.7 Å². The lowest BCUT2D eigenvalue weighted by molar-refractivity contribution is 0.358. The van der Waals surface area contributed by atoms with Gasteiger partial charge in [0.15, 0.2) is 0 Å². The molecule has 1 heterocycles. The molecule has 3 aliphatic carbocycles. The summed E-state index contributed by atoms with van der Waals surface area (Å²) in [6, 6.07) is 0. The van der Waals surface area contributed by atoms with Crippen molar-refractivity contribution in [3.8, 4) is 0 Å². The number of hydrogen-bond acceptors (Lipinski definition) is 2. The molecule has 0 aromatic carbocycles. The van der Waals surface area contributed by atoms with E-state index in [1.165, 1.54) is 36.4 Å². The van der Waals surface area contributed by atoms with Crippen LogP contribution in [-0.2, 0) is 0 Å². The minimum atomic E-state index is 0.829. The molecular formula is C10H13NS. The van der Waals surface area contributed by atoms with Crippen LogP contribution >= 0.6 is 11.3 Å². The third kappa shape index (κ3) is 0.817. The highest BCUT2D eigenvalue weighted by Gasteiger charge is 2.35. The normalized spacial score (nSPS) is 32.1. The van der Waals surface area contributed by atoms with Crippen molar-refractivity contribution in [2.24, 2.45) is 0 Å². The minimum absolute atomic E-state index is 0.829. The molecule has 2 heteroatoms. The molecule has 64 valence electrons. The van der Waals surface area contributed by atoms with E-state index >= 15 is 0 Å². The van der Waals surface area contributed by atoms with Gasteiger partial charge in [0.25, 0.3) is 0 Å². The van der Waals surface area contributed by atoms with E-state index in [2.05, 4.69) is 11.9 Å². The molecule has 0 atom stereocenters. The Labute approximate surface area is 76.8 Å². The SMILES string of the molecule is Cc1nc2c(s1)C1CCC2CC1. The molecule has 0 unspecified atom stereocenters. The van der Waals surface area contributed by atoms with Gasteiger partial charge in [-0.05, 0) is 38.5 Å². The molecule has 3 aliphatic rings. The van der Waals surface area contributed by atoms with Crippen LogP contribution in [0, 0.1) is 6.92 Å². The van der Waals surface area contributed by atoms with Crippen molar-refractivity contribution in [2.45, 2.75) is 44.4 Å². The largest absolute Gasteiger partial charge is 0.246 e. The first-order valence-electron chi connectivity index (χ1n) is 4.82. The molecule has 0 radical (unpaired) electrons. The van der Waals surface area contributed by atoms with Crippen LogP contribution in [0.1, 0.15) is 53.1 Å². The average molecular weight is 179 g/mol. The lowest BCUT2D eigenvalue weighted by Gasteiger charge is -2.34. The number of nitrogens with zero attached hydrogens (tertiary/aromatic N) is 1. The summed E-state index contributed by atoms with van der Waals surface area (Å²) in [4.78, 5) is 6.29. The maximum Gasteiger partial charge on any atom is 0.0900 e. The van der Waals surface area contributed by atoms with Crippen molar-refractivity contribution in [1.82, 2.24) is 4.98 Å². The third-order valence-electron chi connectivity index (χ3n) is 3.27. The number of aromatic nitrogens is 1. The second-order valence-corrected chi connectivity index (χ2v) is 5.27. The number of rotatable bonds is 0. The molecule has 1 aromatic rings. The Morgan fingerprint density at radius 2 is 1.83 bits per heavy atom. The Bertz CT molecular complexity index is 278. The molecule has 2 bridgehead atoms. The fraction of sp³-hybridized carbons (Fsp3) is 0.700. The minimum Gasteiger partial charge on any atom is -0.246 e. The highest BCUT2D eigenvalue weighted by Crippen LogP contribution is 2.50. The van der Waals surface area contributed by atoms with E-state index < -0.39 is 0 Å². The van der Waals surface area contributed by atoms with Gasteiger partial charge >= 0.3 is 0 Å². The Hall–Kier alpha value is -0.370. The van der Waals surface area contributed by atoms with Crippen LogP contribution in [0.25, 0.3) is 0 Å². The van der Waals surface area contributed by atoms with Crippen LogP contribution in [-0.4, -0.2) is 4.98 Å². The zero-order chi connectivity index (χ0) is 8.13. The van der Waals surface area contributed by atoms with Crippen LogP contribution in [0.5, 0.6) is 0 Å². The van der Waals surface area contributed by atoms with Gasteiger partial charge in [0, 0.05) is 10.8 Å². The van der Waals surface area contributed by atoms with Gasteiger partial charge in [-0.15, -0.1) is 11.3 Å². The highest BCUT2D eigenvalue weighted by molar-refractivity contribution is 7.11. The maximum atomic E-state index is 4.65. The van der Waals surface area contributed by atoms with Crippen LogP contribution in [0.2, 0.25) is 0 Å². The molecule has 4 rings (SSSR count). The summed E-state index contributed by atoms with van der Waals surface area (Å²) in [5.41, 5.74) is 1.47. The number of thiazole rings is 1. The summed E-state index contributed by atoms with van der Waals surface area (Å²) in [7, 11) is 0. The quantitative estimate of drug-likeness (QED) is 0.596. The molecule has 1 saturated carbocycles. The molecule has 0 aliphatic heterocycles. The van der Waals surface area contributed by atoms with Crippen molar-refractivity contribution < 1.29 is 0 Å². The van der Waals surface area contributed by atoms with Crippen molar-refractivity contribution >= 4 is 11.3 Å². The second-order valence-electron chi connectivity index (χ2n) is 4.03. The monoisotopic (exact) mass is 179 g/mol. The van der Waals surface area contributed by atoms with Gasteiger partial charge in [-0.25, -0.2) is 4.98 Å². The van der Waals surface area contributed by atoms with Gasteiger partial charge < -0.3 is 0 Å². The van der Waals surface area contributed by atoms with E-state index in [1.54, 1.807) is 4.88 Å². The summed E-state index contributed by atoms with van der Waals surface area (Å²) in [6.45, 7) is 2.14. The van der Waals surface area contributed by atoms with Crippen LogP contribution < -0.4 is 0 Å². The fourth-order valence-electron chi connectivity index (χ4n) is 2.67. The van der Waals surface area contributed by atoms with E-state index in [4.69, 9.17) is 0 Å². The van der Waals surface area contributed by atoms with Crippen molar-refractivity contribution in [2.75, 3.05) is 0 Å². The Morgan fingerprint density at radius 3 is 2.50 bits per heavy atom. The summed E-state index contributed by atoms with van der Waals surface area (Å²) in [5, 5.41) is 1.28. The molecule has 1 fully saturated rings. The second kappa shape index (κ2) is 2.32. The zero-order valence-electron chi connectivity index (χ0n) is 7.34. The van der Waals surface area contributed by atoms with Crippen LogP contribution in [0.15, 0.2) is 0 Å². The van der Waals surface area contributed by atoms with Crippen LogP contribution in [0.3, 0.4) is 0 Å². The van der Waals surface area contributed by atoms with E-state index in [0.717, 1.165) is 11.8 Å². The molecule has 1 aromatic heterocycles. The van der Waals surface area contributed by atoms with Gasteiger partial charge in [-0.2, -0.15) is 0 Å². The number of fused-ring (bicyclic) bond motifs is 2. The molecule has 12 heavy (non-hydrogen) atoms. The molecular weight excluding hydrogens is 166 g/mol. The summed E-state index contributed by atoms with van der Waals surface area (Å²) in [6.07, 6.45) is 5.67. The van der Waals surface area contributed by atoms with E-state index in [1.807, 2.05) is 11.3 Å². The highest BCUT2D eigenvalue weighted by atomic mass is 32.1. The van der Waals surface area contributed by atoms with Crippen molar-refractivity contribution in [3.05, 3.63) is 15.6 Å². The first-order chi connectivity index (χ1) is 5.84. The van der Waals surface area contributed by atoms with Crippen molar-refractivity contribution in [3.63, 3.8) is 0 Å². The lowest BCUT2D eigenvalue weighted by atomic mass is 9.73. The number of aryl methyl sites for hydroxylation is 1. The molecule has 1 nitrogen and oxygen atoms in total. The average Bonchev–Trinajstić information content (AvgIpc) is 2.49. The van der Waals surface area contributed by atoms with Gasteiger partial charge in [-0.1, -0.05) is 0 Å². The van der Waals surface area contributed by atoms with E-state index in [-0.39, 0.29) is 0 Å². The van der Waals surface area contributed by atoms with Crippen molar-refractivity contribution in [1.29, 1.82) is 0 Å². The lowest BCUT2D eigenvalue weighted by Crippen LogP contribution is -2.20. The first kappa shape index (κ1) is 7.07. The topological polar surface area (TPSA) is 12.9 Å². The Balaban J connectivity index is 2.18. The van der Waals surface area contributed by atoms with E-state index in [0.29, 0.717) is 0 Å². The van der Waals surface area contributed by atoms with Crippen LogP contribution in [0.4, 0.5) is 0 Å². The standard InChI is InChI=1S/C10H13NS/c1-6-11-9-7-2-4-8(5-3-7)10(9)12-6/h7-8H,2-5H2,1H3. The third-order valence-corrected chi connectivity index (χ3v) is 4.42. The summed E-state index contributed by atoms with van der Waals surface area (Å²) in [5.74, 6) is 1.71. The Kier molecular flexibility index (Phi) is 1.37.